The Balaban J connectivity index is 0.00000264. The number of aryl methyl sites for hydroxylation is 1. The smallest absolute Gasteiger partial charge is 0.191 e. The molecule has 0 spiro atoms. The van der Waals surface area contributed by atoms with Crippen LogP contribution in [0.25, 0.3) is 0 Å². The molecule has 6 nitrogen and oxygen atoms in total. The molecule has 7 heteroatoms. The van der Waals surface area contributed by atoms with Gasteiger partial charge >= 0.3 is 0 Å². The van der Waals surface area contributed by atoms with E-state index in [1.165, 1.54) is 37.7 Å². The molecule has 1 heterocycles. The standard InChI is InChI=1S/C16H30N6.HI/c1-17-16(20-14-8-6-5-7-9-14)18-11-15(21(2)3)13-10-19-22(4)12-13;/h10,12,14-15H,5-9,11H2,1-4H3,(H2,17,18,20);1H. The van der Waals surface area contributed by atoms with Crippen LogP contribution in [0.5, 0.6) is 0 Å². The van der Waals surface area contributed by atoms with Gasteiger partial charge in [-0.3, -0.25) is 9.67 Å². The lowest BCUT2D eigenvalue weighted by Gasteiger charge is -2.27. The maximum absolute atomic E-state index is 4.37. The lowest BCUT2D eigenvalue weighted by molar-refractivity contribution is 0.297. The molecule has 132 valence electrons. The van der Waals surface area contributed by atoms with E-state index in [0.29, 0.717) is 6.04 Å². The van der Waals surface area contributed by atoms with Gasteiger partial charge in [-0.25, -0.2) is 0 Å². The first kappa shape index (κ1) is 20.2. The largest absolute Gasteiger partial charge is 0.354 e. The number of nitrogens with zero attached hydrogens (tertiary/aromatic N) is 4. The summed E-state index contributed by atoms with van der Waals surface area (Å²) in [5.41, 5.74) is 1.22. The van der Waals surface area contributed by atoms with Crippen molar-refractivity contribution in [3.63, 3.8) is 0 Å². The summed E-state index contributed by atoms with van der Waals surface area (Å²) in [6, 6.07) is 0.842. The second-order valence-corrected chi connectivity index (χ2v) is 6.36. The summed E-state index contributed by atoms with van der Waals surface area (Å²) in [5, 5.41) is 11.3. The van der Waals surface area contributed by atoms with Gasteiger partial charge < -0.3 is 15.5 Å². The zero-order chi connectivity index (χ0) is 15.9. The maximum Gasteiger partial charge on any atom is 0.191 e. The highest BCUT2D eigenvalue weighted by Crippen LogP contribution is 2.18. The van der Waals surface area contributed by atoms with E-state index >= 15 is 0 Å². The number of hydrogen-bond donors (Lipinski definition) is 2. The van der Waals surface area contributed by atoms with Crippen LogP contribution < -0.4 is 10.6 Å². The van der Waals surface area contributed by atoms with E-state index in [9.17, 15) is 0 Å². The van der Waals surface area contributed by atoms with Crippen LogP contribution in [0.4, 0.5) is 0 Å². The van der Waals surface area contributed by atoms with E-state index in [2.05, 4.69) is 45.9 Å². The number of aliphatic imine (C=N–C) groups is 1. The molecule has 1 unspecified atom stereocenters. The topological polar surface area (TPSA) is 57.5 Å². The summed E-state index contributed by atoms with van der Waals surface area (Å²) in [4.78, 5) is 6.57. The van der Waals surface area contributed by atoms with Crippen molar-refractivity contribution in [2.75, 3.05) is 27.7 Å². The van der Waals surface area contributed by atoms with E-state index in [4.69, 9.17) is 0 Å². The molecule has 23 heavy (non-hydrogen) atoms. The fraction of sp³-hybridized carbons (Fsp3) is 0.750. The minimum absolute atomic E-state index is 0. The normalized spacial score (nSPS) is 17.7. The van der Waals surface area contributed by atoms with Gasteiger partial charge in [-0.2, -0.15) is 5.10 Å². The molecule has 1 fully saturated rings. The van der Waals surface area contributed by atoms with Gasteiger partial charge in [0, 0.05) is 38.4 Å². The number of aromatic nitrogens is 2. The molecule has 0 bridgehead atoms. The molecule has 0 aliphatic heterocycles. The van der Waals surface area contributed by atoms with Crippen LogP contribution in [0.15, 0.2) is 17.4 Å². The number of nitrogens with one attached hydrogen (secondary N) is 2. The third-order valence-electron chi connectivity index (χ3n) is 4.37. The quantitative estimate of drug-likeness (QED) is 0.424. The van der Waals surface area contributed by atoms with Crippen molar-refractivity contribution in [3.05, 3.63) is 18.0 Å². The van der Waals surface area contributed by atoms with Crippen molar-refractivity contribution >= 4 is 29.9 Å². The molecule has 1 aromatic rings. The number of halogens is 1. The maximum atomic E-state index is 4.37. The van der Waals surface area contributed by atoms with Crippen molar-refractivity contribution in [1.82, 2.24) is 25.3 Å². The average Bonchev–Trinajstić information content (AvgIpc) is 2.93. The summed E-state index contributed by atoms with van der Waals surface area (Å²) in [5.74, 6) is 0.905. The molecule has 2 rings (SSSR count). The van der Waals surface area contributed by atoms with Gasteiger partial charge in [0.2, 0.25) is 0 Å². The van der Waals surface area contributed by atoms with E-state index in [1.807, 2.05) is 25.0 Å². The van der Waals surface area contributed by atoms with Gasteiger partial charge in [0.15, 0.2) is 5.96 Å². The molecule has 1 aliphatic rings. The van der Waals surface area contributed by atoms with E-state index in [0.717, 1.165) is 12.5 Å². The molecule has 1 saturated carbocycles. The number of likely N-dealkylation sites (N-methyl/N-ethyl adjacent to an activating group) is 1. The van der Waals surface area contributed by atoms with Crippen molar-refractivity contribution in [3.8, 4) is 0 Å². The van der Waals surface area contributed by atoms with Gasteiger partial charge in [-0.15, -0.1) is 24.0 Å². The summed E-state index contributed by atoms with van der Waals surface area (Å²) in [6.07, 6.45) is 10.5. The van der Waals surface area contributed by atoms with Crippen LogP contribution in [0, 0.1) is 0 Å². The summed E-state index contributed by atoms with van der Waals surface area (Å²) in [6.45, 7) is 0.811. The first-order chi connectivity index (χ1) is 10.6. The van der Waals surface area contributed by atoms with E-state index < -0.39 is 0 Å². The molecule has 1 aromatic heterocycles. The molecule has 0 radical (unpaired) electrons. The Morgan fingerprint density at radius 1 is 1.39 bits per heavy atom. The Labute approximate surface area is 157 Å². The molecular formula is C16H31IN6. The van der Waals surface area contributed by atoms with Crippen LogP contribution in [-0.2, 0) is 7.05 Å². The SMILES string of the molecule is CN=C(NCC(c1cnn(C)c1)N(C)C)NC1CCCCC1.I. The Morgan fingerprint density at radius 3 is 2.61 bits per heavy atom. The van der Waals surface area contributed by atoms with Gasteiger partial charge in [-0.1, -0.05) is 19.3 Å². The zero-order valence-electron chi connectivity index (χ0n) is 14.7. The highest BCUT2D eigenvalue weighted by molar-refractivity contribution is 14.0. The Kier molecular flexibility index (Phi) is 8.90. The number of hydrogen-bond acceptors (Lipinski definition) is 3. The van der Waals surface area contributed by atoms with E-state index in [-0.39, 0.29) is 30.0 Å². The lowest BCUT2D eigenvalue weighted by atomic mass is 9.96. The van der Waals surface area contributed by atoms with Gasteiger partial charge in [0.05, 0.1) is 12.2 Å². The zero-order valence-corrected chi connectivity index (χ0v) is 17.1. The highest BCUT2D eigenvalue weighted by Gasteiger charge is 2.18. The van der Waals surface area contributed by atoms with Crippen LogP contribution in [-0.4, -0.2) is 54.4 Å². The van der Waals surface area contributed by atoms with E-state index in [1.54, 1.807) is 0 Å². The van der Waals surface area contributed by atoms with Crippen molar-refractivity contribution in [2.24, 2.45) is 12.0 Å². The minimum Gasteiger partial charge on any atom is -0.354 e. The lowest BCUT2D eigenvalue weighted by Crippen LogP contribution is -2.46. The predicted octanol–water partition coefficient (Wildman–Crippen LogP) is 2.14. The van der Waals surface area contributed by atoms with Crippen LogP contribution in [0.3, 0.4) is 0 Å². The van der Waals surface area contributed by atoms with Crippen molar-refractivity contribution < 1.29 is 0 Å². The summed E-state index contributed by atoms with van der Waals surface area (Å²) < 4.78 is 1.85. The first-order valence-electron chi connectivity index (χ1n) is 8.22. The Morgan fingerprint density at radius 2 is 2.09 bits per heavy atom. The number of rotatable bonds is 5. The molecule has 0 saturated heterocycles. The van der Waals surface area contributed by atoms with Crippen molar-refractivity contribution in [2.45, 2.75) is 44.2 Å². The molecule has 0 amide bonds. The monoisotopic (exact) mass is 434 g/mol. The van der Waals surface area contributed by atoms with Crippen molar-refractivity contribution in [1.29, 1.82) is 0 Å². The second-order valence-electron chi connectivity index (χ2n) is 6.36. The summed E-state index contributed by atoms with van der Waals surface area (Å²) >= 11 is 0. The van der Waals surface area contributed by atoms with Crippen LogP contribution >= 0.6 is 24.0 Å². The fourth-order valence-corrected chi connectivity index (χ4v) is 3.04. The second kappa shape index (κ2) is 10.1. The van der Waals surface area contributed by atoms with Crippen LogP contribution in [0.2, 0.25) is 0 Å². The third kappa shape index (κ3) is 6.29. The first-order valence-corrected chi connectivity index (χ1v) is 8.22. The summed E-state index contributed by atoms with van der Waals surface area (Å²) in [7, 11) is 7.98. The third-order valence-corrected chi connectivity index (χ3v) is 4.37. The minimum atomic E-state index is 0. The predicted molar refractivity (Wildman–Crippen MR) is 106 cm³/mol. The Bertz CT molecular complexity index is 479. The Hall–Kier alpha value is -0.830. The van der Waals surface area contributed by atoms with Gasteiger partial charge in [0.25, 0.3) is 0 Å². The highest BCUT2D eigenvalue weighted by atomic mass is 127. The van der Waals surface area contributed by atoms with Gasteiger partial charge in [0.1, 0.15) is 0 Å². The fourth-order valence-electron chi connectivity index (χ4n) is 3.04. The molecule has 0 aromatic carbocycles. The van der Waals surface area contributed by atoms with Crippen LogP contribution in [0.1, 0.15) is 43.7 Å². The molecule has 1 atom stereocenters. The molecule has 1 aliphatic carbocycles. The molecule has 2 N–H and O–H groups in total. The number of guanidine groups is 1. The average molecular weight is 434 g/mol. The molecular weight excluding hydrogens is 403 g/mol. The van der Waals surface area contributed by atoms with Gasteiger partial charge in [-0.05, 0) is 26.9 Å².